The fourth-order valence-corrected chi connectivity index (χ4v) is 5.49. The van der Waals surface area contributed by atoms with Gasteiger partial charge in [0.2, 0.25) is 5.95 Å². The molecule has 6 aliphatic rings. The van der Waals surface area contributed by atoms with Gasteiger partial charge in [-0.05, 0) is 49.4 Å². The van der Waals surface area contributed by atoms with Crippen molar-refractivity contribution in [2.45, 2.75) is 44.2 Å². The number of rotatable bonds is 0. The van der Waals surface area contributed by atoms with E-state index in [1.165, 1.54) is 0 Å². The molecule has 2 N–H and O–H groups in total. The molecule has 0 radical (unpaired) electrons. The van der Waals surface area contributed by atoms with E-state index in [4.69, 9.17) is 0 Å². The summed E-state index contributed by atoms with van der Waals surface area (Å²) in [4.78, 5) is 31.1. The van der Waals surface area contributed by atoms with Gasteiger partial charge in [0, 0.05) is 75.4 Å². The zero-order valence-corrected chi connectivity index (χ0v) is 20.9. The second kappa shape index (κ2) is 10.1. The molecule has 3 aromatic rings. The number of carbonyl (C=O) groups excluding carboxylic acids is 1. The van der Waals surface area contributed by atoms with Gasteiger partial charge in [0.1, 0.15) is 5.82 Å². The van der Waals surface area contributed by atoms with Crippen LogP contribution in [0.25, 0.3) is 11.1 Å². The number of halogens is 1. The molecule has 1 aliphatic carbocycles. The highest BCUT2D eigenvalue weighted by molar-refractivity contribution is 5.91. The van der Waals surface area contributed by atoms with Crippen molar-refractivity contribution >= 4 is 23.2 Å². The lowest BCUT2D eigenvalue weighted by atomic mass is 10.0. The Morgan fingerprint density at radius 1 is 0.946 bits per heavy atom. The van der Waals surface area contributed by atoms with Crippen molar-refractivity contribution in [1.82, 2.24) is 24.8 Å². The van der Waals surface area contributed by atoms with Crippen molar-refractivity contribution in [3.63, 3.8) is 0 Å². The van der Waals surface area contributed by atoms with Crippen LogP contribution in [-0.4, -0.2) is 68.8 Å². The molecule has 2 fully saturated rings. The Hall–Kier alpha value is -3.43. The highest BCUT2D eigenvalue weighted by atomic mass is 19.1. The van der Waals surface area contributed by atoms with Crippen molar-refractivity contribution in [3.8, 4) is 11.1 Å². The van der Waals surface area contributed by atoms with Gasteiger partial charge in [-0.3, -0.25) is 14.6 Å². The summed E-state index contributed by atoms with van der Waals surface area (Å²) in [6.07, 6.45) is 9.51. The van der Waals surface area contributed by atoms with E-state index in [2.05, 4.69) is 35.4 Å². The first-order chi connectivity index (χ1) is 18.1. The minimum atomic E-state index is -0.261. The van der Waals surface area contributed by atoms with Gasteiger partial charge in [-0.1, -0.05) is 12.1 Å². The molecule has 9 heteroatoms. The minimum absolute atomic E-state index is 0.260. The van der Waals surface area contributed by atoms with Crippen molar-refractivity contribution in [2.75, 3.05) is 43.4 Å². The lowest BCUT2D eigenvalue weighted by molar-refractivity contribution is -0.126. The Balaban J connectivity index is 1.26. The van der Waals surface area contributed by atoms with Gasteiger partial charge in [-0.25, -0.2) is 19.3 Å². The molecule has 1 aromatic carbocycles. The second-order valence-corrected chi connectivity index (χ2v) is 10.2. The van der Waals surface area contributed by atoms with Gasteiger partial charge in [-0.2, -0.15) is 0 Å². The number of pyridine rings is 1. The molecule has 1 saturated carbocycles. The first-order valence-electron chi connectivity index (χ1n) is 13.2. The number of aromatic nitrogens is 3. The molecule has 0 amide bonds. The van der Waals surface area contributed by atoms with Crippen LogP contribution in [-0.2, 0) is 11.3 Å². The number of benzene rings is 1. The number of hydrogen-bond acceptors (Lipinski definition) is 8. The monoisotopic (exact) mass is 501 g/mol. The molecule has 8 nitrogen and oxygen atoms in total. The van der Waals surface area contributed by atoms with E-state index >= 15 is 4.39 Å². The standard InChI is InChI=1S/C28H32FN7O/c29-26-21-4-3-5-23(26)34-25-16-20(7-11-30-25)22-17-32-27(33-18-22)31-10-2-1-6-24(37)28(8-9-28)36-14-12-35(19-21)13-15-36/h3-5,7,11,16-18H,1-2,6,8-10,12-15,19H2,(H,30,34)(H,31,32,33). The van der Waals surface area contributed by atoms with Crippen LogP contribution in [0.5, 0.6) is 0 Å². The number of nitrogens with one attached hydrogen (secondary N) is 2. The summed E-state index contributed by atoms with van der Waals surface area (Å²) in [6, 6.07) is 9.21. The smallest absolute Gasteiger partial charge is 0.222 e. The van der Waals surface area contributed by atoms with Crippen LogP contribution in [0, 0.1) is 5.82 Å². The molecule has 0 unspecified atom stereocenters. The van der Waals surface area contributed by atoms with Gasteiger partial charge in [0.25, 0.3) is 0 Å². The highest BCUT2D eigenvalue weighted by Gasteiger charge is 2.53. The van der Waals surface area contributed by atoms with E-state index in [1.54, 1.807) is 24.7 Å². The molecule has 192 valence electrons. The van der Waals surface area contributed by atoms with Gasteiger partial charge < -0.3 is 10.6 Å². The first-order valence-corrected chi connectivity index (χ1v) is 13.2. The lowest BCUT2D eigenvalue weighted by Gasteiger charge is -2.39. The van der Waals surface area contributed by atoms with Crippen molar-refractivity contribution in [2.24, 2.45) is 0 Å². The number of piperazine rings is 1. The number of ketones is 1. The first kappa shape index (κ1) is 23.9. The zero-order valence-electron chi connectivity index (χ0n) is 20.9. The molecule has 37 heavy (non-hydrogen) atoms. The van der Waals surface area contributed by atoms with E-state index in [0.717, 1.165) is 69.5 Å². The summed E-state index contributed by atoms with van der Waals surface area (Å²) >= 11 is 0. The highest BCUT2D eigenvalue weighted by Crippen LogP contribution is 2.44. The molecule has 1 spiro atoms. The lowest BCUT2D eigenvalue weighted by Crippen LogP contribution is -2.53. The summed E-state index contributed by atoms with van der Waals surface area (Å²) in [5, 5.41) is 6.41. The molecule has 0 atom stereocenters. The SMILES string of the molecule is O=C1CCCCNc2ncc(cn2)-c2ccnc(c2)Nc2cccc(c2F)CN2CCN(CC2)C12CC2. The topological polar surface area (TPSA) is 86.3 Å². The normalized spacial score (nSPS) is 23.3. The number of hydrogen-bond donors (Lipinski definition) is 2. The molecule has 1 saturated heterocycles. The fourth-order valence-electron chi connectivity index (χ4n) is 5.49. The third-order valence-corrected chi connectivity index (χ3v) is 7.81. The summed E-state index contributed by atoms with van der Waals surface area (Å²) in [5.41, 5.74) is 2.54. The van der Waals surface area contributed by atoms with Crippen molar-refractivity contribution < 1.29 is 9.18 Å². The van der Waals surface area contributed by atoms with E-state index in [1.807, 2.05) is 24.3 Å². The average molecular weight is 502 g/mol. The zero-order chi connectivity index (χ0) is 25.2. The van der Waals surface area contributed by atoms with Gasteiger partial charge in [-0.15, -0.1) is 0 Å². The molecule has 8 bridgehead atoms. The molecule has 5 aliphatic heterocycles. The molecule has 2 aromatic heterocycles. The Morgan fingerprint density at radius 3 is 2.54 bits per heavy atom. The number of anilines is 3. The van der Waals surface area contributed by atoms with Crippen LogP contribution in [0.15, 0.2) is 48.9 Å². The second-order valence-electron chi connectivity index (χ2n) is 10.2. The van der Waals surface area contributed by atoms with E-state index < -0.39 is 0 Å². The molecular formula is C28H32FN7O. The van der Waals surface area contributed by atoms with Crippen molar-refractivity contribution in [1.29, 1.82) is 0 Å². The Morgan fingerprint density at radius 2 is 1.76 bits per heavy atom. The third kappa shape index (κ3) is 5.06. The average Bonchev–Trinajstić information content (AvgIpc) is 3.73. The predicted molar refractivity (Wildman–Crippen MR) is 141 cm³/mol. The van der Waals surface area contributed by atoms with Gasteiger partial charge in [0.15, 0.2) is 11.6 Å². The van der Waals surface area contributed by atoms with Crippen LogP contribution in [0.2, 0.25) is 0 Å². The summed E-state index contributed by atoms with van der Waals surface area (Å²) in [5.74, 6) is 1.24. The Kier molecular flexibility index (Phi) is 6.56. The molecular weight excluding hydrogens is 469 g/mol. The van der Waals surface area contributed by atoms with E-state index in [-0.39, 0.29) is 11.4 Å². The van der Waals surface area contributed by atoms with E-state index in [0.29, 0.717) is 41.8 Å². The summed E-state index contributed by atoms with van der Waals surface area (Å²) in [7, 11) is 0. The van der Waals surface area contributed by atoms with E-state index in [9.17, 15) is 4.79 Å². The summed E-state index contributed by atoms with van der Waals surface area (Å²) in [6.45, 7) is 4.62. The maximum Gasteiger partial charge on any atom is 0.222 e. The maximum atomic E-state index is 15.5. The van der Waals surface area contributed by atoms with Gasteiger partial charge in [0.05, 0.1) is 11.2 Å². The summed E-state index contributed by atoms with van der Waals surface area (Å²) < 4.78 is 15.5. The largest absolute Gasteiger partial charge is 0.354 e. The van der Waals surface area contributed by atoms with Crippen LogP contribution < -0.4 is 10.6 Å². The van der Waals surface area contributed by atoms with Crippen LogP contribution >= 0.6 is 0 Å². The quantitative estimate of drug-likeness (QED) is 0.473. The van der Waals surface area contributed by atoms with Crippen LogP contribution in [0.3, 0.4) is 0 Å². The number of nitrogens with zero attached hydrogens (tertiary/aromatic N) is 5. The molecule has 7 heterocycles. The molecule has 9 rings (SSSR count). The fraction of sp³-hybridized carbons (Fsp3) is 0.429. The Labute approximate surface area is 216 Å². The van der Waals surface area contributed by atoms with Crippen molar-refractivity contribution in [3.05, 3.63) is 60.3 Å². The Bertz CT molecular complexity index is 1270. The predicted octanol–water partition coefficient (Wildman–Crippen LogP) is 4.24. The maximum absolute atomic E-state index is 15.5. The number of Topliss-reactive ketones (excluding diaryl/α,β-unsaturated/α-hetero) is 1. The van der Waals surface area contributed by atoms with Crippen LogP contribution in [0.4, 0.5) is 21.8 Å². The van der Waals surface area contributed by atoms with Gasteiger partial charge >= 0.3 is 0 Å². The number of carbonyl (C=O) groups is 1. The third-order valence-electron chi connectivity index (χ3n) is 7.81. The minimum Gasteiger partial charge on any atom is -0.354 e. The van der Waals surface area contributed by atoms with Crippen LogP contribution in [0.1, 0.15) is 37.7 Å².